The molecule has 0 bridgehead atoms. The molecule has 1 atom stereocenters. The van der Waals surface area contributed by atoms with Gasteiger partial charge in [0, 0.05) is 24.8 Å². The third-order valence-corrected chi connectivity index (χ3v) is 4.15. The van der Waals surface area contributed by atoms with Gasteiger partial charge in [0.15, 0.2) is 0 Å². The van der Waals surface area contributed by atoms with Crippen molar-refractivity contribution in [1.29, 1.82) is 0 Å². The van der Waals surface area contributed by atoms with E-state index in [4.69, 9.17) is 10.6 Å². The summed E-state index contributed by atoms with van der Waals surface area (Å²) in [6.07, 6.45) is 5.11. The summed E-state index contributed by atoms with van der Waals surface area (Å²) in [5.41, 5.74) is 4.01. The quantitative estimate of drug-likeness (QED) is 0.663. The van der Waals surface area contributed by atoms with Crippen LogP contribution in [0.2, 0.25) is 0 Å². The predicted octanol–water partition coefficient (Wildman–Crippen LogP) is 2.56. The van der Waals surface area contributed by atoms with Crippen LogP contribution in [0.25, 0.3) is 10.8 Å². The zero-order chi connectivity index (χ0) is 13.8. The average molecular weight is 271 g/mol. The van der Waals surface area contributed by atoms with Gasteiger partial charge in [-0.3, -0.25) is 16.3 Å². The third-order valence-electron chi connectivity index (χ3n) is 4.15. The van der Waals surface area contributed by atoms with Gasteiger partial charge in [0.1, 0.15) is 0 Å². The Morgan fingerprint density at radius 2 is 2.05 bits per heavy atom. The summed E-state index contributed by atoms with van der Waals surface area (Å²) < 4.78 is 5.42. The molecule has 1 aliphatic heterocycles. The van der Waals surface area contributed by atoms with E-state index >= 15 is 0 Å². The van der Waals surface area contributed by atoms with Gasteiger partial charge in [-0.05, 0) is 36.6 Å². The Labute approximate surface area is 119 Å². The zero-order valence-electron chi connectivity index (χ0n) is 11.6. The summed E-state index contributed by atoms with van der Waals surface area (Å²) in [7, 11) is 0. The Morgan fingerprint density at radius 3 is 2.85 bits per heavy atom. The number of nitrogens with two attached hydrogens (primary N) is 1. The lowest BCUT2D eigenvalue weighted by Gasteiger charge is -2.26. The first-order chi connectivity index (χ1) is 9.88. The second kappa shape index (κ2) is 6.31. The van der Waals surface area contributed by atoms with Crippen LogP contribution in [0.15, 0.2) is 36.5 Å². The van der Waals surface area contributed by atoms with Gasteiger partial charge < -0.3 is 4.74 Å². The summed E-state index contributed by atoms with van der Waals surface area (Å²) in [5.74, 6) is 6.45. The molecule has 0 spiro atoms. The van der Waals surface area contributed by atoms with Crippen molar-refractivity contribution < 1.29 is 4.74 Å². The molecular weight excluding hydrogens is 250 g/mol. The highest BCUT2D eigenvalue weighted by atomic mass is 16.5. The number of pyridine rings is 1. The molecule has 3 rings (SSSR count). The number of rotatable bonds is 4. The molecule has 20 heavy (non-hydrogen) atoms. The van der Waals surface area contributed by atoms with E-state index in [1.165, 1.54) is 10.8 Å². The maximum atomic E-state index is 5.79. The number of hydrogen-bond donors (Lipinski definition) is 2. The van der Waals surface area contributed by atoms with Crippen molar-refractivity contribution >= 4 is 10.8 Å². The molecule has 1 aromatic heterocycles. The Morgan fingerprint density at radius 1 is 1.25 bits per heavy atom. The minimum Gasteiger partial charge on any atom is -0.381 e. The van der Waals surface area contributed by atoms with Crippen LogP contribution in [0.3, 0.4) is 0 Å². The molecule has 1 fully saturated rings. The molecule has 4 nitrogen and oxygen atoms in total. The van der Waals surface area contributed by atoms with Gasteiger partial charge in [-0.2, -0.15) is 0 Å². The number of hydrazine groups is 1. The topological polar surface area (TPSA) is 60.2 Å². The zero-order valence-corrected chi connectivity index (χ0v) is 11.6. The van der Waals surface area contributed by atoms with Crippen molar-refractivity contribution in [3.8, 4) is 0 Å². The number of benzene rings is 1. The number of aromatic nitrogens is 1. The second-order valence-electron chi connectivity index (χ2n) is 5.43. The lowest BCUT2D eigenvalue weighted by molar-refractivity contribution is 0.0604. The van der Waals surface area contributed by atoms with E-state index < -0.39 is 0 Å². The first kappa shape index (κ1) is 13.5. The van der Waals surface area contributed by atoms with Crippen molar-refractivity contribution in [3.05, 3.63) is 42.2 Å². The fraction of sp³-hybridized carbons (Fsp3) is 0.438. The van der Waals surface area contributed by atoms with Crippen LogP contribution in [0.4, 0.5) is 0 Å². The average Bonchev–Trinajstić information content (AvgIpc) is 2.53. The van der Waals surface area contributed by atoms with E-state index in [-0.39, 0.29) is 6.04 Å². The smallest absolute Gasteiger partial charge is 0.0664 e. The van der Waals surface area contributed by atoms with E-state index in [0.29, 0.717) is 5.92 Å². The van der Waals surface area contributed by atoms with Gasteiger partial charge in [0.05, 0.1) is 11.7 Å². The number of ether oxygens (including phenoxy) is 1. The molecule has 1 unspecified atom stereocenters. The van der Waals surface area contributed by atoms with Gasteiger partial charge in [-0.15, -0.1) is 0 Å². The van der Waals surface area contributed by atoms with Crippen LogP contribution in [0.1, 0.15) is 31.0 Å². The lowest BCUT2D eigenvalue weighted by atomic mass is 9.90. The fourth-order valence-electron chi connectivity index (χ4n) is 2.99. The summed E-state index contributed by atoms with van der Waals surface area (Å²) >= 11 is 0. The van der Waals surface area contributed by atoms with E-state index in [9.17, 15) is 0 Å². The molecule has 2 aromatic rings. The van der Waals surface area contributed by atoms with E-state index in [2.05, 4.69) is 34.7 Å². The molecule has 0 amide bonds. The van der Waals surface area contributed by atoms with Crippen LogP contribution >= 0.6 is 0 Å². The molecule has 3 N–H and O–H groups in total. The maximum absolute atomic E-state index is 5.79. The van der Waals surface area contributed by atoms with Crippen LogP contribution in [0, 0.1) is 5.92 Å². The second-order valence-corrected chi connectivity index (χ2v) is 5.43. The minimum absolute atomic E-state index is 0.101. The van der Waals surface area contributed by atoms with Crippen molar-refractivity contribution in [2.75, 3.05) is 13.2 Å². The highest BCUT2D eigenvalue weighted by Gasteiger charge is 2.21. The maximum Gasteiger partial charge on any atom is 0.0664 e. The number of fused-ring (bicyclic) bond motifs is 1. The summed E-state index contributed by atoms with van der Waals surface area (Å²) in [6, 6.07) is 10.5. The van der Waals surface area contributed by atoms with Crippen molar-refractivity contribution in [2.45, 2.75) is 25.3 Å². The number of nitrogens with one attached hydrogen (secondary N) is 1. The summed E-state index contributed by atoms with van der Waals surface area (Å²) in [5, 5.41) is 2.40. The van der Waals surface area contributed by atoms with Crippen molar-refractivity contribution in [2.24, 2.45) is 11.8 Å². The molecule has 1 saturated heterocycles. The van der Waals surface area contributed by atoms with Gasteiger partial charge >= 0.3 is 0 Å². The predicted molar refractivity (Wildman–Crippen MR) is 80.0 cm³/mol. The van der Waals surface area contributed by atoms with Crippen molar-refractivity contribution in [3.63, 3.8) is 0 Å². The molecule has 4 heteroatoms. The van der Waals surface area contributed by atoms with Gasteiger partial charge in [-0.25, -0.2) is 0 Å². The molecule has 0 aliphatic carbocycles. The first-order valence-corrected chi connectivity index (χ1v) is 7.26. The van der Waals surface area contributed by atoms with Crippen molar-refractivity contribution in [1.82, 2.24) is 10.4 Å². The van der Waals surface area contributed by atoms with E-state index in [1.54, 1.807) is 0 Å². The Bertz CT molecular complexity index is 561. The number of nitrogens with zero attached hydrogens (tertiary/aromatic N) is 1. The SMILES string of the molecule is NNC(CC1CCOCC1)c1nccc2ccccc12. The molecule has 1 aromatic carbocycles. The van der Waals surface area contributed by atoms with E-state index in [1.807, 2.05) is 12.3 Å². The van der Waals surface area contributed by atoms with Crippen LogP contribution in [0.5, 0.6) is 0 Å². The number of hydrogen-bond acceptors (Lipinski definition) is 4. The van der Waals surface area contributed by atoms with Gasteiger partial charge in [0.2, 0.25) is 0 Å². The van der Waals surface area contributed by atoms with Crippen LogP contribution in [-0.4, -0.2) is 18.2 Å². The summed E-state index contributed by atoms with van der Waals surface area (Å²) in [6.45, 7) is 1.73. The Kier molecular flexibility index (Phi) is 4.25. The van der Waals surface area contributed by atoms with Crippen LogP contribution < -0.4 is 11.3 Å². The molecular formula is C16H21N3O. The van der Waals surface area contributed by atoms with Crippen LogP contribution in [-0.2, 0) is 4.74 Å². The Balaban J connectivity index is 1.86. The summed E-state index contributed by atoms with van der Waals surface area (Å²) in [4.78, 5) is 4.57. The Hall–Kier alpha value is -1.49. The molecule has 0 saturated carbocycles. The molecule has 106 valence electrons. The highest BCUT2D eigenvalue weighted by Crippen LogP contribution is 2.29. The first-order valence-electron chi connectivity index (χ1n) is 7.26. The monoisotopic (exact) mass is 271 g/mol. The highest BCUT2D eigenvalue weighted by molar-refractivity contribution is 5.84. The minimum atomic E-state index is 0.101. The van der Waals surface area contributed by atoms with Gasteiger partial charge in [-0.1, -0.05) is 24.3 Å². The molecule has 2 heterocycles. The van der Waals surface area contributed by atoms with Gasteiger partial charge in [0.25, 0.3) is 0 Å². The molecule has 1 aliphatic rings. The normalized spacial score (nSPS) is 18.2. The third kappa shape index (κ3) is 2.82. The molecule has 0 radical (unpaired) electrons. The largest absolute Gasteiger partial charge is 0.381 e. The van der Waals surface area contributed by atoms with E-state index in [0.717, 1.165) is 38.2 Å². The fourth-order valence-corrected chi connectivity index (χ4v) is 2.99. The standard InChI is InChI=1S/C16H21N3O/c17-19-15(11-12-6-9-20-10-7-12)16-14-4-2-1-3-13(14)5-8-18-16/h1-5,8,12,15,19H,6-7,9-11,17H2. The lowest BCUT2D eigenvalue weighted by Crippen LogP contribution is -2.31.